The van der Waals surface area contributed by atoms with Crippen molar-refractivity contribution >= 4 is 17.4 Å². The maximum absolute atomic E-state index is 13.1. The number of hydrogen-bond donors (Lipinski definition) is 2. The van der Waals surface area contributed by atoms with Gasteiger partial charge in [-0.15, -0.1) is 0 Å². The second-order valence-corrected chi connectivity index (χ2v) is 4.94. The lowest BCUT2D eigenvalue weighted by atomic mass is 10.1. The van der Waals surface area contributed by atoms with Crippen molar-refractivity contribution in [3.8, 4) is 0 Å². The Morgan fingerprint density at radius 3 is 2.76 bits per heavy atom. The van der Waals surface area contributed by atoms with Gasteiger partial charge in [-0.25, -0.2) is 9.37 Å². The molecule has 0 fully saturated rings. The molecule has 2 rings (SSSR count). The Kier molecular flexibility index (Phi) is 4.52. The molecule has 1 aromatic carbocycles. The highest BCUT2D eigenvalue weighted by atomic mass is 19.1. The molecule has 3 N–H and O–H groups in total. The van der Waals surface area contributed by atoms with Crippen LogP contribution in [0.15, 0.2) is 30.3 Å². The van der Waals surface area contributed by atoms with Gasteiger partial charge in [-0.05, 0) is 49.2 Å². The molecule has 5 heteroatoms. The first-order chi connectivity index (χ1) is 9.99. The highest BCUT2D eigenvalue weighted by Gasteiger charge is 2.10. The lowest BCUT2D eigenvalue weighted by molar-refractivity contribution is 0.102. The molecule has 1 amide bonds. The molecule has 0 unspecified atom stereocenters. The van der Waals surface area contributed by atoms with Crippen LogP contribution in [0.2, 0.25) is 0 Å². The van der Waals surface area contributed by atoms with E-state index < -0.39 is 0 Å². The van der Waals surface area contributed by atoms with Crippen molar-refractivity contribution in [2.45, 2.75) is 26.7 Å². The summed E-state index contributed by atoms with van der Waals surface area (Å²) in [7, 11) is 0. The third kappa shape index (κ3) is 3.78. The molecule has 0 bridgehead atoms. The predicted molar refractivity (Wildman–Crippen MR) is 81.7 cm³/mol. The van der Waals surface area contributed by atoms with Crippen LogP contribution in [-0.2, 0) is 6.42 Å². The molecular weight excluding hydrogens is 269 g/mol. The number of hydrogen-bond acceptors (Lipinski definition) is 3. The summed E-state index contributed by atoms with van der Waals surface area (Å²) in [5.74, 6) is -0.290. The number of nitrogens with zero attached hydrogens (tertiary/aromatic N) is 1. The van der Waals surface area contributed by atoms with E-state index in [1.54, 1.807) is 19.1 Å². The molecule has 21 heavy (non-hydrogen) atoms. The van der Waals surface area contributed by atoms with Crippen LogP contribution in [0.4, 0.5) is 15.9 Å². The van der Waals surface area contributed by atoms with Gasteiger partial charge in [-0.2, -0.15) is 0 Å². The number of pyridine rings is 1. The topological polar surface area (TPSA) is 68.0 Å². The SMILES string of the molecule is CCCc1cc(C(=O)Nc2ccc(F)cc2C)cc(N)n1. The molecule has 0 radical (unpaired) electrons. The smallest absolute Gasteiger partial charge is 0.255 e. The number of carbonyl (C=O) groups is 1. The van der Waals surface area contributed by atoms with Gasteiger partial charge in [0.05, 0.1) is 0 Å². The van der Waals surface area contributed by atoms with Crippen molar-refractivity contribution < 1.29 is 9.18 Å². The Bertz CT molecular complexity index is 671. The third-order valence-electron chi connectivity index (χ3n) is 3.10. The van der Waals surface area contributed by atoms with Gasteiger partial charge in [0.2, 0.25) is 0 Å². The molecule has 0 aliphatic heterocycles. The molecule has 1 heterocycles. The van der Waals surface area contributed by atoms with Crippen LogP contribution in [0.5, 0.6) is 0 Å². The molecule has 1 aromatic heterocycles. The number of nitrogen functional groups attached to an aromatic ring is 1. The van der Waals surface area contributed by atoms with Gasteiger partial charge in [0.15, 0.2) is 0 Å². The molecule has 0 saturated carbocycles. The van der Waals surface area contributed by atoms with Crippen LogP contribution in [0.1, 0.15) is 35.0 Å². The molecule has 0 aliphatic carbocycles. The number of aryl methyl sites for hydroxylation is 2. The van der Waals surface area contributed by atoms with Crippen LogP contribution < -0.4 is 11.1 Å². The monoisotopic (exact) mass is 287 g/mol. The van der Waals surface area contributed by atoms with Gasteiger partial charge in [-0.3, -0.25) is 4.79 Å². The van der Waals surface area contributed by atoms with Crippen molar-refractivity contribution in [1.82, 2.24) is 4.98 Å². The fourth-order valence-electron chi connectivity index (χ4n) is 2.09. The summed E-state index contributed by atoms with van der Waals surface area (Å²) in [5, 5.41) is 2.76. The van der Waals surface area contributed by atoms with Gasteiger partial charge in [0.25, 0.3) is 5.91 Å². The summed E-state index contributed by atoms with van der Waals surface area (Å²) in [4.78, 5) is 16.5. The van der Waals surface area contributed by atoms with E-state index in [0.29, 0.717) is 22.6 Å². The van der Waals surface area contributed by atoms with Crippen LogP contribution in [-0.4, -0.2) is 10.9 Å². The zero-order valence-electron chi connectivity index (χ0n) is 12.1. The minimum absolute atomic E-state index is 0.281. The summed E-state index contributed by atoms with van der Waals surface area (Å²) in [6.07, 6.45) is 1.69. The van der Waals surface area contributed by atoms with Crippen LogP contribution in [0, 0.1) is 12.7 Å². The van der Waals surface area contributed by atoms with Crippen LogP contribution in [0.3, 0.4) is 0 Å². The Labute approximate surface area is 123 Å². The number of halogens is 1. The average Bonchev–Trinajstić information content (AvgIpc) is 2.41. The van der Waals surface area contributed by atoms with E-state index in [0.717, 1.165) is 18.5 Å². The highest BCUT2D eigenvalue weighted by molar-refractivity contribution is 6.05. The summed E-state index contributed by atoms with van der Waals surface area (Å²) in [6, 6.07) is 7.49. The standard InChI is InChI=1S/C16H18FN3O/c1-3-4-13-8-11(9-15(18)19-13)16(21)20-14-6-5-12(17)7-10(14)2/h5-9H,3-4H2,1-2H3,(H2,18,19)(H,20,21). The molecule has 110 valence electrons. The molecule has 2 aromatic rings. The summed E-state index contributed by atoms with van der Waals surface area (Å²) in [5.41, 5.74) is 8.22. The summed E-state index contributed by atoms with van der Waals surface area (Å²) in [6.45, 7) is 3.77. The van der Waals surface area contributed by atoms with Gasteiger partial charge in [-0.1, -0.05) is 13.3 Å². The van der Waals surface area contributed by atoms with E-state index in [9.17, 15) is 9.18 Å². The van der Waals surface area contributed by atoms with Crippen molar-refractivity contribution in [3.63, 3.8) is 0 Å². The third-order valence-corrected chi connectivity index (χ3v) is 3.10. The highest BCUT2D eigenvalue weighted by Crippen LogP contribution is 2.18. The minimum Gasteiger partial charge on any atom is -0.384 e. The number of amides is 1. The average molecular weight is 287 g/mol. The summed E-state index contributed by atoms with van der Waals surface area (Å²) >= 11 is 0. The van der Waals surface area contributed by atoms with Crippen molar-refractivity contribution in [2.24, 2.45) is 0 Å². The van der Waals surface area contributed by atoms with E-state index in [1.165, 1.54) is 18.2 Å². The van der Waals surface area contributed by atoms with Crippen LogP contribution in [0.25, 0.3) is 0 Å². The Morgan fingerprint density at radius 2 is 2.10 bits per heavy atom. The van der Waals surface area contributed by atoms with E-state index in [4.69, 9.17) is 5.73 Å². The van der Waals surface area contributed by atoms with E-state index >= 15 is 0 Å². The van der Waals surface area contributed by atoms with Gasteiger partial charge < -0.3 is 11.1 Å². The normalized spacial score (nSPS) is 10.4. The first-order valence-electron chi connectivity index (χ1n) is 6.83. The van der Waals surface area contributed by atoms with Gasteiger partial charge >= 0.3 is 0 Å². The van der Waals surface area contributed by atoms with Gasteiger partial charge in [0.1, 0.15) is 11.6 Å². The lowest BCUT2D eigenvalue weighted by Gasteiger charge is -2.10. The van der Waals surface area contributed by atoms with E-state index in [1.807, 2.05) is 6.92 Å². The number of anilines is 2. The van der Waals surface area contributed by atoms with Crippen molar-refractivity contribution in [2.75, 3.05) is 11.1 Å². The minimum atomic E-state index is -0.330. The zero-order valence-corrected chi connectivity index (χ0v) is 12.1. The zero-order chi connectivity index (χ0) is 15.4. The fourth-order valence-corrected chi connectivity index (χ4v) is 2.09. The van der Waals surface area contributed by atoms with Crippen molar-refractivity contribution in [3.05, 3.63) is 53.0 Å². The quantitative estimate of drug-likeness (QED) is 0.906. The van der Waals surface area contributed by atoms with E-state index in [-0.39, 0.29) is 11.7 Å². The van der Waals surface area contributed by atoms with Gasteiger partial charge in [0, 0.05) is 16.9 Å². The molecule has 4 nitrogen and oxygen atoms in total. The van der Waals surface area contributed by atoms with Crippen LogP contribution >= 0.6 is 0 Å². The molecule has 0 aliphatic rings. The van der Waals surface area contributed by atoms with E-state index in [2.05, 4.69) is 10.3 Å². The molecular formula is C16H18FN3O. The summed E-state index contributed by atoms with van der Waals surface area (Å²) < 4.78 is 13.1. The second kappa shape index (κ2) is 6.35. The Hall–Kier alpha value is -2.43. The number of aromatic nitrogens is 1. The first kappa shape index (κ1) is 15.0. The number of carbonyl (C=O) groups excluding carboxylic acids is 1. The number of rotatable bonds is 4. The number of benzene rings is 1. The largest absolute Gasteiger partial charge is 0.384 e. The predicted octanol–water partition coefficient (Wildman–Crippen LogP) is 3.32. The lowest BCUT2D eigenvalue weighted by Crippen LogP contribution is -2.14. The Morgan fingerprint density at radius 1 is 1.33 bits per heavy atom. The maximum atomic E-state index is 13.1. The number of nitrogens with one attached hydrogen (secondary N) is 1. The Balaban J connectivity index is 2.23. The first-order valence-corrected chi connectivity index (χ1v) is 6.83. The molecule has 0 saturated heterocycles. The van der Waals surface area contributed by atoms with Crippen molar-refractivity contribution in [1.29, 1.82) is 0 Å². The second-order valence-electron chi connectivity index (χ2n) is 4.94. The number of nitrogens with two attached hydrogens (primary N) is 1. The molecule has 0 atom stereocenters. The maximum Gasteiger partial charge on any atom is 0.255 e. The molecule has 0 spiro atoms. The fraction of sp³-hybridized carbons (Fsp3) is 0.250.